The van der Waals surface area contributed by atoms with Gasteiger partial charge < -0.3 is 15.0 Å². The number of carbonyl (C=O) groups excluding carboxylic acids is 2. The molecule has 1 spiro atoms. The lowest BCUT2D eigenvalue weighted by Gasteiger charge is -2.50. The van der Waals surface area contributed by atoms with Crippen LogP contribution in [0.25, 0.3) is 0 Å². The van der Waals surface area contributed by atoms with Gasteiger partial charge in [-0.05, 0) is 43.7 Å². The quantitative estimate of drug-likeness (QED) is 0.792. The number of methoxy groups -OCH3 is 1. The van der Waals surface area contributed by atoms with Crippen LogP contribution in [0.2, 0.25) is 0 Å². The number of rotatable bonds is 5. The fraction of sp³-hybridized carbons (Fsp3) is 0.522. The molecule has 2 aliphatic carbocycles. The maximum absolute atomic E-state index is 13.7. The number of aryl methyl sites for hydroxylation is 2. The number of nitrogens with one attached hydrogen (secondary N) is 1. The summed E-state index contributed by atoms with van der Waals surface area (Å²) in [5.74, 6) is -0.432. The lowest BCUT2D eigenvalue weighted by atomic mass is 9.71. The van der Waals surface area contributed by atoms with E-state index in [1.807, 2.05) is 29.2 Å². The van der Waals surface area contributed by atoms with E-state index in [0.29, 0.717) is 23.8 Å². The number of hydrogen-bond acceptors (Lipinski definition) is 5. The van der Waals surface area contributed by atoms with Crippen molar-refractivity contribution in [3.05, 3.63) is 46.0 Å². The zero-order chi connectivity index (χ0) is 20.7. The summed E-state index contributed by atoms with van der Waals surface area (Å²) in [4.78, 5) is 35.1. The Morgan fingerprint density at radius 1 is 1.27 bits per heavy atom. The highest BCUT2D eigenvalue weighted by atomic mass is 32.1. The molecule has 0 radical (unpaired) electrons. The van der Waals surface area contributed by atoms with Gasteiger partial charge in [-0.25, -0.2) is 4.98 Å². The Kier molecular flexibility index (Phi) is 5.11. The Bertz CT molecular complexity index is 958. The lowest BCUT2D eigenvalue weighted by molar-refractivity contribution is -0.121. The van der Waals surface area contributed by atoms with Gasteiger partial charge >= 0.3 is 0 Å². The number of fused-ring (bicyclic) bond motifs is 2. The monoisotopic (exact) mass is 425 g/mol. The summed E-state index contributed by atoms with van der Waals surface area (Å²) in [5, 5.41) is 3.81. The maximum Gasteiger partial charge on any atom is 0.254 e. The number of hydrogen-bond donors (Lipinski definition) is 1. The first-order valence-corrected chi connectivity index (χ1v) is 11.6. The van der Waals surface area contributed by atoms with Gasteiger partial charge in [0, 0.05) is 24.1 Å². The first kappa shape index (κ1) is 19.7. The van der Waals surface area contributed by atoms with E-state index in [4.69, 9.17) is 4.74 Å². The van der Waals surface area contributed by atoms with Gasteiger partial charge in [-0.3, -0.25) is 9.59 Å². The van der Waals surface area contributed by atoms with Crippen LogP contribution in [0.5, 0.6) is 0 Å². The standard InChI is InChI=1S/C23H27N3O3S/c1-29-14-13-26-21(28)16-8-3-2-7-15(16)19(23(26)11-4-5-12-23)20(27)25-22-24-17-9-6-10-18(17)30-22/h2-3,7-8,19H,4-6,9-14H2,1H3,(H,24,25,27)/t19-/m0/s1. The molecule has 5 rings (SSSR count). The second-order valence-electron chi connectivity index (χ2n) is 8.51. The van der Waals surface area contributed by atoms with E-state index < -0.39 is 11.5 Å². The molecule has 0 bridgehead atoms. The largest absolute Gasteiger partial charge is 0.383 e. The number of anilines is 1. The molecule has 1 aromatic heterocycles. The van der Waals surface area contributed by atoms with Crippen molar-refractivity contribution in [2.75, 3.05) is 25.6 Å². The summed E-state index contributed by atoms with van der Waals surface area (Å²) in [7, 11) is 1.65. The summed E-state index contributed by atoms with van der Waals surface area (Å²) < 4.78 is 5.31. The Morgan fingerprint density at radius 2 is 2.07 bits per heavy atom. The molecule has 2 heterocycles. The van der Waals surface area contributed by atoms with Crippen molar-refractivity contribution in [3.63, 3.8) is 0 Å². The van der Waals surface area contributed by atoms with Gasteiger partial charge in [0.1, 0.15) is 0 Å². The minimum atomic E-state index is -0.492. The van der Waals surface area contributed by atoms with Crippen LogP contribution in [-0.2, 0) is 22.4 Å². The van der Waals surface area contributed by atoms with Gasteiger partial charge in [0.15, 0.2) is 5.13 Å². The topological polar surface area (TPSA) is 71.5 Å². The highest BCUT2D eigenvalue weighted by molar-refractivity contribution is 7.15. The number of aromatic nitrogens is 1. The van der Waals surface area contributed by atoms with Crippen molar-refractivity contribution < 1.29 is 14.3 Å². The third-order valence-electron chi connectivity index (χ3n) is 6.90. The molecule has 1 saturated carbocycles. The number of amides is 2. The number of benzene rings is 1. The number of nitrogens with zero attached hydrogens (tertiary/aromatic N) is 2. The van der Waals surface area contributed by atoms with Gasteiger partial charge in [-0.15, -0.1) is 11.3 Å². The van der Waals surface area contributed by atoms with Crippen molar-refractivity contribution in [1.29, 1.82) is 0 Å². The lowest BCUT2D eigenvalue weighted by Crippen LogP contribution is -2.60. The normalized spacial score (nSPS) is 21.7. The molecule has 3 aliphatic rings. The molecular formula is C23H27N3O3S. The molecule has 1 fully saturated rings. The van der Waals surface area contributed by atoms with Crippen molar-refractivity contribution in [3.8, 4) is 0 Å². The van der Waals surface area contributed by atoms with Gasteiger partial charge in [-0.2, -0.15) is 0 Å². The molecular weight excluding hydrogens is 398 g/mol. The summed E-state index contributed by atoms with van der Waals surface area (Å²) in [6.07, 6.45) is 6.92. The first-order chi connectivity index (χ1) is 14.6. The molecule has 1 aliphatic heterocycles. The van der Waals surface area contributed by atoms with Crippen LogP contribution >= 0.6 is 11.3 Å². The van der Waals surface area contributed by atoms with Crippen molar-refractivity contribution in [2.45, 2.75) is 56.4 Å². The van der Waals surface area contributed by atoms with E-state index in [1.165, 1.54) is 4.88 Å². The van der Waals surface area contributed by atoms with Gasteiger partial charge in [0.25, 0.3) is 5.91 Å². The Labute approximate surface area is 180 Å². The highest BCUT2D eigenvalue weighted by Crippen LogP contribution is 2.50. The Balaban J connectivity index is 1.55. The fourth-order valence-electron chi connectivity index (χ4n) is 5.60. The van der Waals surface area contributed by atoms with Crippen LogP contribution in [0.1, 0.15) is 64.5 Å². The SMILES string of the molecule is COCCN1C(=O)c2ccccc2[C@@H](C(=O)Nc2nc3c(s2)CCC3)C12CCCC2. The van der Waals surface area contributed by atoms with E-state index in [1.54, 1.807) is 18.4 Å². The second-order valence-corrected chi connectivity index (χ2v) is 9.60. The van der Waals surface area contributed by atoms with Crippen molar-refractivity contribution in [1.82, 2.24) is 9.88 Å². The number of ether oxygens (including phenoxy) is 1. The van der Waals surface area contributed by atoms with E-state index in [0.717, 1.165) is 56.2 Å². The Morgan fingerprint density at radius 3 is 2.83 bits per heavy atom. The minimum absolute atomic E-state index is 0.0156. The predicted octanol–water partition coefficient (Wildman–Crippen LogP) is 3.77. The summed E-state index contributed by atoms with van der Waals surface area (Å²) >= 11 is 1.60. The predicted molar refractivity (Wildman–Crippen MR) is 116 cm³/mol. The number of carbonyl (C=O) groups is 2. The summed E-state index contributed by atoms with van der Waals surface area (Å²) in [6.45, 7) is 0.961. The first-order valence-electron chi connectivity index (χ1n) is 10.8. The average molecular weight is 426 g/mol. The molecule has 1 aromatic carbocycles. The molecule has 1 atom stereocenters. The van der Waals surface area contributed by atoms with Gasteiger partial charge in [0.2, 0.25) is 5.91 Å². The van der Waals surface area contributed by atoms with Crippen molar-refractivity contribution in [2.24, 2.45) is 0 Å². The van der Waals surface area contributed by atoms with Crippen molar-refractivity contribution >= 4 is 28.3 Å². The third kappa shape index (κ3) is 3.06. The van der Waals surface area contributed by atoms with Crippen LogP contribution in [-0.4, -0.2) is 47.5 Å². The molecule has 2 aromatic rings. The van der Waals surface area contributed by atoms with Gasteiger partial charge in [0.05, 0.1) is 23.8 Å². The molecule has 0 saturated heterocycles. The third-order valence-corrected chi connectivity index (χ3v) is 7.97. The molecule has 0 unspecified atom stereocenters. The van der Waals surface area contributed by atoms with Crippen LogP contribution in [0, 0.1) is 0 Å². The van der Waals surface area contributed by atoms with E-state index in [-0.39, 0.29) is 11.8 Å². The zero-order valence-corrected chi connectivity index (χ0v) is 18.1. The molecule has 6 nitrogen and oxygen atoms in total. The molecule has 2 amide bonds. The highest BCUT2D eigenvalue weighted by Gasteiger charge is 2.55. The van der Waals surface area contributed by atoms with Crippen LogP contribution in [0.3, 0.4) is 0 Å². The van der Waals surface area contributed by atoms with Crippen LogP contribution in [0.4, 0.5) is 5.13 Å². The summed E-state index contributed by atoms with van der Waals surface area (Å²) in [5.41, 5.74) is 2.12. The average Bonchev–Trinajstić information content (AvgIpc) is 3.45. The summed E-state index contributed by atoms with van der Waals surface area (Å²) in [6, 6.07) is 7.60. The van der Waals surface area contributed by atoms with E-state index in [9.17, 15) is 9.59 Å². The smallest absolute Gasteiger partial charge is 0.254 e. The van der Waals surface area contributed by atoms with E-state index >= 15 is 0 Å². The number of thiazole rings is 1. The van der Waals surface area contributed by atoms with Crippen LogP contribution < -0.4 is 5.32 Å². The van der Waals surface area contributed by atoms with Crippen LogP contribution in [0.15, 0.2) is 24.3 Å². The van der Waals surface area contributed by atoms with Gasteiger partial charge in [-0.1, -0.05) is 31.0 Å². The molecule has 158 valence electrons. The molecule has 1 N–H and O–H groups in total. The fourth-order valence-corrected chi connectivity index (χ4v) is 6.65. The second kappa shape index (κ2) is 7.78. The molecule has 30 heavy (non-hydrogen) atoms. The zero-order valence-electron chi connectivity index (χ0n) is 17.3. The molecule has 7 heteroatoms. The maximum atomic E-state index is 13.7. The van der Waals surface area contributed by atoms with E-state index in [2.05, 4.69) is 10.3 Å². The Hall–Kier alpha value is -2.25. The minimum Gasteiger partial charge on any atom is -0.383 e.